The third-order valence-corrected chi connectivity index (χ3v) is 6.02. The first-order valence-corrected chi connectivity index (χ1v) is 12.6. The van der Waals surface area contributed by atoms with E-state index in [1.54, 1.807) is 6.21 Å². The van der Waals surface area contributed by atoms with Gasteiger partial charge in [-0.15, -0.1) is 0 Å². The predicted molar refractivity (Wildman–Crippen MR) is 151 cm³/mol. The van der Waals surface area contributed by atoms with E-state index in [0.29, 0.717) is 30.4 Å². The third kappa shape index (κ3) is 6.92. The molecule has 4 aromatic rings. The molecule has 8 heteroatoms. The van der Waals surface area contributed by atoms with Gasteiger partial charge in [0, 0.05) is 48.1 Å². The summed E-state index contributed by atoms with van der Waals surface area (Å²) in [5, 5.41) is 8.05. The molecule has 38 heavy (non-hydrogen) atoms. The SMILES string of the molecule is CCOCOc1cc(OCc2ccccc2)c(C=NNC(=O)Nc2ccc3c(ccn3C)c2)cc1C(C)C. The molecule has 0 unspecified atom stereocenters. The third-order valence-electron chi connectivity index (χ3n) is 6.02. The number of carbonyl (C=O) groups excluding carboxylic acids is 1. The number of aryl methyl sites for hydroxylation is 1. The summed E-state index contributed by atoms with van der Waals surface area (Å²) in [5.74, 6) is 1.46. The first-order chi connectivity index (χ1) is 18.4. The van der Waals surface area contributed by atoms with Crippen molar-refractivity contribution in [2.24, 2.45) is 12.1 Å². The summed E-state index contributed by atoms with van der Waals surface area (Å²) in [6, 6.07) is 21.0. The largest absolute Gasteiger partial charge is 0.488 e. The van der Waals surface area contributed by atoms with Crippen molar-refractivity contribution in [2.75, 3.05) is 18.7 Å². The van der Waals surface area contributed by atoms with Crippen LogP contribution in [0, 0.1) is 0 Å². The first kappa shape index (κ1) is 26.8. The van der Waals surface area contributed by atoms with Crippen molar-refractivity contribution in [3.63, 3.8) is 0 Å². The normalized spacial score (nSPS) is 11.3. The fourth-order valence-electron chi connectivity index (χ4n) is 4.00. The summed E-state index contributed by atoms with van der Waals surface area (Å²) in [7, 11) is 1.98. The molecule has 2 N–H and O–H groups in total. The fourth-order valence-corrected chi connectivity index (χ4v) is 4.00. The molecule has 3 aromatic carbocycles. The van der Waals surface area contributed by atoms with Crippen LogP contribution < -0.4 is 20.2 Å². The van der Waals surface area contributed by atoms with E-state index in [9.17, 15) is 4.79 Å². The number of nitrogens with zero attached hydrogens (tertiary/aromatic N) is 2. The van der Waals surface area contributed by atoms with Crippen molar-refractivity contribution in [3.05, 3.63) is 89.6 Å². The maximum Gasteiger partial charge on any atom is 0.339 e. The lowest BCUT2D eigenvalue weighted by Gasteiger charge is -2.18. The highest BCUT2D eigenvalue weighted by atomic mass is 16.7. The molecule has 0 bridgehead atoms. The summed E-state index contributed by atoms with van der Waals surface area (Å²) in [6.07, 6.45) is 3.56. The molecule has 1 aromatic heterocycles. The number of fused-ring (bicyclic) bond motifs is 1. The minimum Gasteiger partial charge on any atom is -0.488 e. The highest BCUT2D eigenvalue weighted by Gasteiger charge is 2.15. The van der Waals surface area contributed by atoms with Crippen LogP contribution in [0.1, 0.15) is 43.4 Å². The highest BCUT2D eigenvalue weighted by molar-refractivity contribution is 5.94. The van der Waals surface area contributed by atoms with Crippen molar-refractivity contribution < 1.29 is 19.0 Å². The summed E-state index contributed by atoms with van der Waals surface area (Å²) >= 11 is 0. The minimum atomic E-state index is -0.441. The van der Waals surface area contributed by atoms with E-state index in [4.69, 9.17) is 14.2 Å². The molecule has 2 amide bonds. The van der Waals surface area contributed by atoms with E-state index < -0.39 is 6.03 Å². The van der Waals surface area contributed by atoms with Gasteiger partial charge in [-0.05, 0) is 54.3 Å². The van der Waals surface area contributed by atoms with Gasteiger partial charge in [-0.2, -0.15) is 5.10 Å². The first-order valence-electron chi connectivity index (χ1n) is 12.6. The topological polar surface area (TPSA) is 86.1 Å². The molecule has 0 aliphatic carbocycles. The Morgan fingerprint density at radius 1 is 1.03 bits per heavy atom. The Morgan fingerprint density at radius 2 is 1.84 bits per heavy atom. The zero-order valence-corrected chi connectivity index (χ0v) is 22.2. The van der Waals surface area contributed by atoms with Crippen molar-refractivity contribution in [1.82, 2.24) is 9.99 Å². The second kappa shape index (κ2) is 12.8. The quantitative estimate of drug-likeness (QED) is 0.105. The van der Waals surface area contributed by atoms with Gasteiger partial charge in [0.2, 0.25) is 0 Å². The van der Waals surface area contributed by atoms with Gasteiger partial charge in [0.25, 0.3) is 0 Å². The highest BCUT2D eigenvalue weighted by Crippen LogP contribution is 2.34. The average molecular weight is 515 g/mol. The lowest BCUT2D eigenvalue weighted by molar-refractivity contribution is 0.0215. The van der Waals surface area contributed by atoms with Crippen LogP contribution >= 0.6 is 0 Å². The number of aromatic nitrogens is 1. The Morgan fingerprint density at radius 3 is 2.61 bits per heavy atom. The number of nitrogens with one attached hydrogen (secondary N) is 2. The molecule has 0 atom stereocenters. The summed E-state index contributed by atoms with van der Waals surface area (Å²) < 4.78 is 19.5. The van der Waals surface area contributed by atoms with Crippen LogP contribution in [0.25, 0.3) is 10.9 Å². The summed E-state index contributed by atoms with van der Waals surface area (Å²) in [6.45, 7) is 7.19. The van der Waals surface area contributed by atoms with Crippen LogP contribution in [0.3, 0.4) is 0 Å². The molecule has 0 spiro atoms. The Hall–Kier alpha value is -4.30. The number of anilines is 1. The summed E-state index contributed by atoms with van der Waals surface area (Å²) in [4.78, 5) is 12.5. The van der Waals surface area contributed by atoms with Crippen molar-refractivity contribution in [1.29, 1.82) is 0 Å². The number of benzene rings is 3. The van der Waals surface area contributed by atoms with Crippen LogP contribution in [0.2, 0.25) is 0 Å². The molecule has 1 heterocycles. The zero-order chi connectivity index (χ0) is 26.9. The lowest BCUT2D eigenvalue weighted by Crippen LogP contribution is -2.24. The maximum absolute atomic E-state index is 12.5. The Kier molecular flexibility index (Phi) is 9.00. The van der Waals surface area contributed by atoms with Gasteiger partial charge in [-0.3, -0.25) is 0 Å². The molecule has 4 rings (SSSR count). The van der Waals surface area contributed by atoms with Gasteiger partial charge >= 0.3 is 6.03 Å². The maximum atomic E-state index is 12.5. The monoisotopic (exact) mass is 514 g/mol. The van der Waals surface area contributed by atoms with Crippen molar-refractivity contribution in [3.8, 4) is 11.5 Å². The number of carbonyl (C=O) groups is 1. The smallest absolute Gasteiger partial charge is 0.339 e. The lowest BCUT2D eigenvalue weighted by atomic mass is 9.99. The van der Waals surface area contributed by atoms with Gasteiger partial charge in [-0.25, -0.2) is 10.2 Å². The standard InChI is InChI=1S/C30H34N4O4/c1-5-36-20-38-29-17-28(37-19-22-9-7-6-8-10-22)24(16-26(29)21(2)3)18-31-33-30(35)32-25-11-12-27-23(15-25)13-14-34(27)4/h6-18,21H,5,19-20H2,1-4H3,(H2,32,33,35). The van der Waals surface area contributed by atoms with Crippen LogP contribution in [0.15, 0.2) is 78.0 Å². The van der Waals surface area contributed by atoms with Crippen LogP contribution in [-0.4, -0.2) is 30.2 Å². The van der Waals surface area contributed by atoms with E-state index in [0.717, 1.165) is 27.6 Å². The Labute approximate surface area is 223 Å². The Bertz CT molecular complexity index is 1400. The molecule has 0 saturated carbocycles. The molecule has 0 aliphatic heterocycles. The molecule has 8 nitrogen and oxygen atoms in total. The van der Waals surface area contributed by atoms with E-state index in [2.05, 4.69) is 29.7 Å². The minimum absolute atomic E-state index is 0.151. The van der Waals surface area contributed by atoms with E-state index in [-0.39, 0.29) is 12.7 Å². The van der Waals surface area contributed by atoms with Gasteiger partial charge in [0.15, 0.2) is 6.79 Å². The van der Waals surface area contributed by atoms with Crippen LogP contribution in [0.4, 0.5) is 10.5 Å². The molecule has 0 fully saturated rings. The van der Waals surface area contributed by atoms with Crippen molar-refractivity contribution >= 4 is 28.8 Å². The molecule has 0 aliphatic rings. The average Bonchev–Trinajstić information content (AvgIpc) is 3.28. The van der Waals surface area contributed by atoms with E-state index >= 15 is 0 Å². The second-order valence-electron chi connectivity index (χ2n) is 9.14. The number of rotatable bonds is 11. The van der Waals surface area contributed by atoms with E-state index in [1.165, 1.54) is 0 Å². The number of hydrogen-bond acceptors (Lipinski definition) is 5. The predicted octanol–water partition coefficient (Wildman–Crippen LogP) is 6.41. The molecular weight excluding hydrogens is 480 g/mol. The number of hydrogen-bond donors (Lipinski definition) is 2. The fraction of sp³-hybridized carbons (Fsp3) is 0.267. The zero-order valence-electron chi connectivity index (χ0n) is 22.2. The molecular formula is C30H34N4O4. The number of ether oxygens (including phenoxy) is 3. The van der Waals surface area contributed by atoms with Gasteiger partial charge in [-0.1, -0.05) is 44.2 Å². The van der Waals surface area contributed by atoms with Gasteiger partial charge < -0.3 is 24.1 Å². The molecule has 198 valence electrons. The number of hydrazone groups is 1. The number of urea groups is 1. The van der Waals surface area contributed by atoms with Crippen molar-refractivity contribution in [2.45, 2.75) is 33.3 Å². The molecule has 0 saturated heterocycles. The van der Waals surface area contributed by atoms with Gasteiger partial charge in [0.1, 0.15) is 18.1 Å². The molecule has 0 radical (unpaired) electrons. The number of amides is 2. The van der Waals surface area contributed by atoms with E-state index in [1.807, 2.05) is 91.5 Å². The van der Waals surface area contributed by atoms with Crippen LogP contribution in [-0.2, 0) is 18.4 Å². The Balaban J connectivity index is 1.51. The summed E-state index contributed by atoms with van der Waals surface area (Å²) in [5.41, 5.74) is 7.06. The van der Waals surface area contributed by atoms with Gasteiger partial charge in [0.05, 0.1) is 6.21 Å². The second-order valence-corrected chi connectivity index (χ2v) is 9.14. The van der Waals surface area contributed by atoms with Crippen LogP contribution in [0.5, 0.6) is 11.5 Å².